The number of nitrogens with zero attached hydrogens (tertiary/aromatic N) is 6. The number of halogens is 1. The molecule has 3 aromatic rings. The molecule has 0 spiro atoms. The fourth-order valence-electron chi connectivity index (χ4n) is 4.58. The Morgan fingerprint density at radius 2 is 2.06 bits per heavy atom. The van der Waals surface area contributed by atoms with Gasteiger partial charge in [0.25, 0.3) is 0 Å². The average molecular weight is 463 g/mol. The molecular weight excluding hydrogens is 435 g/mol. The number of likely N-dealkylation sites (tertiary alicyclic amines) is 1. The number of pyridine rings is 2. The number of carbonyl (C=O) groups is 1. The first-order valence-corrected chi connectivity index (χ1v) is 11.4. The van der Waals surface area contributed by atoms with Crippen molar-refractivity contribution < 1.29 is 13.9 Å². The normalized spacial score (nSPS) is 17.8. The van der Waals surface area contributed by atoms with Crippen LogP contribution in [0.1, 0.15) is 36.4 Å². The van der Waals surface area contributed by atoms with Crippen LogP contribution in [-0.4, -0.2) is 64.0 Å². The van der Waals surface area contributed by atoms with Crippen LogP contribution < -0.4 is 9.64 Å². The summed E-state index contributed by atoms with van der Waals surface area (Å²) in [4.78, 5) is 33.7. The van der Waals surface area contributed by atoms with E-state index in [1.54, 1.807) is 11.1 Å². The number of hydrogen-bond donors (Lipinski definition) is 0. The zero-order chi connectivity index (χ0) is 24.0. The first-order valence-electron chi connectivity index (χ1n) is 11.4. The van der Waals surface area contributed by atoms with Crippen LogP contribution in [0.4, 0.5) is 10.2 Å². The van der Waals surface area contributed by atoms with Crippen LogP contribution in [0.3, 0.4) is 0 Å². The maximum Gasteiger partial charge on any atom is 0.318 e. The molecule has 0 radical (unpaired) electrons. The van der Waals surface area contributed by atoms with Crippen LogP contribution >= 0.6 is 0 Å². The van der Waals surface area contributed by atoms with Gasteiger partial charge in [-0.1, -0.05) is 6.58 Å². The maximum absolute atomic E-state index is 16.0. The highest BCUT2D eigenvalue weighted by Crippen LogP contribution is 2.44. The molecule has 1 amide bonds. The summed E-state index contributed by atoms with van der Waals surface area (Å²) in [5.74, 6) is 0.244. The van der Waals surface area contributed by atoms with Crippen molar-refractivity contribution >= 4 is 22.6 Å². The van der Waals surface area contributed by atoms with Crippen molar-refractivity contribution in [3.63, 3.8) is 0 Å². The minimum Gasteiger partial charge on any atom is -0.467 e. The molecule has 176 valence electrons. The van der Waals surface area contributed by atoms with Crippen LogP contribution in [0, 0.1) is 12.7 Å². The second kappa shape index (κ2) is 8.62. The number of anilines is 1. The van der Waals surface area contributed by atoms with Gasteiger partial charge in [0.05, 0.1) is 18.2 Å². The van der Waals surface area contributed by atoms with Gasteiger partial charge in [0.1, 0.15) is 17.0 Å². The standard InChI is InChI=1S/C25H27FN6O2/c1-5-19(33)32-9-8-16(13-32)31(3)24-18-12-28-22(20(26)23(18)29-25(30-24)34-4)17-10-14(2)11-27-21(17)15-6-7-15/h5,10-12,15-16H,1,6-9,13H2,2-4H3. The van der Waals surface area contributed by atoms with Crippen molar-refractivity contribution in [3.05, 3.63) is 48.2 Å². The summed E-state index contributed by atoms with van der Waals surface area (Å²) in [5, 5.41) is 0.492. The fraction of sp³-hybridized carbons (Fsp3) is 0.400. The van der Waals surface area contributed by atoms with Crippen LogP contribution in [0.2, 0.25) is 0 Å². The molecule has 0 bridgehead atoms. The Kier molecular flexibility index (Phi) is 5.63. The molecule has 9 heteroatoms. The summed E-state index contributed by atoms with van der Waals surface area (Å²) < 4.78 is 21.3. The summed E-state index contributed by atoms with van der Waals surface area (Å²) in [6, 6.07) is 2.02. The maximum atomic E-state index is 16.0. The summed E-state index contributed by atoms with van der Waals surface area (Å²) >= 11 is 0. The Balaban J connectivity index is 1.59. The van der Waals surface area contributed by atoms with Gasteiger partial charge in [-0.3, -0.25) is 14.8 Å². The van der Waals surface area contributed by atoms with Gasteiger partial charge >= 0.3 is 6.01 Å². The third-order valence-electron chi connectivity index (χ3n) is 6.63. The van der Waals surface area contributed by atoms with Gasteiger partial charge in [0.15, 0.2) is 5.82 Å². The highest BCUT2D eigenvalue weighted by Gasteiger charge is 2.32. The lowest BCUT2D eigenvalue weighted by atomic mass is 10.0. The molecular formula is C25H27FN6O2. The Morgan fingerprint density at radius 1 is 1.26 bits per heavy atom. The van der Waals surface area contributed by atoms with Crippen molar-refractivity contribution in [2.45, 2.75) is 38.1 Å². The lowest BCUT2D eigenvalue weighted by molar-refractivity contribution is -0.125. The van der Waals surface area contributed by atoms with E-state index in [0.717, 1.165) is 30.5 Å². The van der Waals surface area contributed by atoms with Crippen LogP contribution in [0.25, 0.3) is 22.2 Å². The first kappa shape index (κ1) is 22.2. The number of likely N-dealkylation sites (N-methyl/N-ethyl adjacent to an activating group) is 1. The molecule has 1 saturated carbocycles. The topological polar surface area (TPSA) is 84.3 Å². The molecule has 5 rings (SSSR count). The predicted octanol–water partition coefficient (Wildman–Crippen LogP) is 3.64. The SMILES string of the molecule is C=CC(=O)N1CCC(N(C)c2nc(OC)nc3c(F)c(-c4cc(C)cnc4C4CC4)ncc23)C1. The Hall–Kier alpha value is -3.62. The number of rotatable bonds is 6. The summed E-state index contributed by atoms with van der Waals surface area (Å²) in [7, 11) is 3.34. The minimum atomic E-state index is -0.517. The third-order valence-corrected chi connectivity index (χ3v) is 6.63. The van der Waals surface area contributed by atoms with Crippen LogP contribution in [0.5, 0.6) is 6.01 Å². The van der Waals surface area contributed by atoms with E-state index in [9.17, 15) is 4.79 Å². The smallest absolute Gasteiger partial charge is 0.318 e. The number of ether oxygens (including phenoxy) is 1. The quantitative estimate of drug-likeness (QED) is 0.517. The second-order valence-electron chi connectivity index (χ2n) is 8.98. The molecule has 3 aromatic heterocycles. The molecule has 8 nitrogen and oxygen atoms in total. The molecule has 1 unspecified atom stereocenters. The van der Waals surface area contributed by atoms with E-state index in [-0.39, 0.29) is 29.2 Å². The minimum absolute atomic E-state index is 0.0110. The second-order valence-corrected chi connectivity index (χ2v) is 8.98. The Morgan fingerprint density at radius 3 is 2.76 bits per heavy atom. The zero-order valence-corrected chi connectivity index (χ0v) is 19.6. The molecule has 4 heterocycles. The van der Waals surface area contributed by atoms with Crippen molar-refractivity contribution in [1.82, 2.24) is 24.8 Å². The lowest BCUT2D eigenvalue weighted by Crippen LogP contribution is -2.36. The van der Waals surface area contributed by atoms with E-state index in [1.807, 2.05) is 31.1 Å². The number of amides is 1. The highest BCUT2D eigenvalue weighted by atomic mass is 19.1. The monoisotopic (exact) mass is 462 g/mol. The van der Waals surface area contributed by atoms with E-state index in [2.05, 4.69) is 26.5 Å². The molecule has 0 aromatic carbocycles. The van der Waals surface area contributed by atoms with E-state index >= 15 is 4.39 Å². The van der Waals surface area contributed by atoms with E-state index in [0.29, 0.717) is 35.8 Å². The van der Waals surface area contributed by atoms with E-state index in [1.165, 1.54) is 13.2 Å². The number of aromatic nitrogens is 4. The molecule has 1 aliphatic carbocycles. The van der Waals surface area contributed by atoms with Crippen molar-refractivity contribution in [2.24, 2.45) is 0 Å². The predicted molar refractivity (Wildman–Crippen MR) is 127 cm³/mol. The summed E-state index contributed by atoms with van der Waals surface area (Å²) in [6.45, 7) is 6.66. The Labute approximate surface area is 197 Å². The first-order chi connectivity index (χ1) is 16.4. The van der Waals surface area contributed by atoms with Gasteiger partial charge in [-0.25, -0.2) is 4.39 Å². The highest BCUT2D eigenvalue weighted by molar-refractivity contribution is 5.92. The van der Waals surface area contributed by atoms with Crippen LogP contribution in [-0.2, 0) is 4.79 Å². The summed E-state index contributed by atoms with van der Waals surface area (Å²) in [5.41, 5.74) is 2.93. The molecule has 1 atom stereocenters. The average Bonchev–Trinajstić information content (AvgIpc) is 3.58. The van der Waals surface area contributed by atoms with Gasteiger partial charge in [-0.2, -0.15) is 9.97 Å². The molecule has 34 heavy (non-hydrogen) atoms. The molecule has 0 N–H and O–H groups in total. The number of aryl methyl sites for hydroxylation is 1. The van der Waals surface area contributed by atoms with Gasteiger partial charge < -0.3 is 14.5 Å². The number of fused-ring (bicyclic) bond motifs is 1. The molecule has 2 fully saturated rings. The molecule has 2 aliphatic rings. The van der Waals surface area contributed by atoms with E-state index < -0.39 is 5.82 Å². The molecule has 1 aliphatic heterocycles. The van der Waals surface area contributed by atoms with Crippen molar-refractivity contribution in [3.8, 4) is 17.3 Å². The van der Waals surface area contributed by atoms with Crippen LogP contribution in [0.15, 0.2) is 31.1 Å². The van der Waals surface area contributed by atoms with Crippen molar-refractivity contribution in [1.29, 1.82) is 0 Å². The van der Waals surface area contributed by atoms with Gasteiger partial charge in [0.2, 0.25) is 5.91 Å². The number of methoxy groups -OCH3 is 1. The number of carbonyl (C=O) groups excluding carboxylic acids is 1. The number of hydrogen-bond acceptors (Lipinski definition) is 7. The van der Waals surface area contributed by atoms with Crippen molar-refractivity contribution in [2.75, 3.05) is 32.1 Å². The Bertz CT molecular complexity index is 1290. The summed E-state index contributed by atoms with van der Waals surface area (Å²) in [6.07, 6.45) is 7.63. The zero-order valence-electron chi connectivity index (χ0n) is 19.6. The van der Waals surface area contributed by atoms with Gasteiger partial charge in [-0.05, 0) is 43.9 Å². The molecule has 1 saturated heterocycles. The largest absolute Gasteiger partial charge is 0.467 e. The third kappa shape index (κ3) is 3.85. The van der Waals surface area contributed by atoms with E-state index in [4.69, 9.17) is 4.74 Å². The van der Waals surface area contributed by atoms with Gasteiger partial charge in [-0.15, -0.1) is 0 Å². The van der Waals surface area contributed by atoms with Gasteiger partial charge in [0, 0.05) is 50.1 Å². The fourth-order valence-corrected chi connectivity index (χ4v) is 4.58. The lowest BCUT2D eigenvalue weighted by Gasteiger charge is -2.27.